The maximum atomic E-state index is 3.52. The SMILES string of the molecule is CC.CCC1CNCC(C(C)C)C1. The summed E-state index contributed by atoms with van der Waals surface area (Å²) >= 11 is 0. The molecule has 13 heavy (non-hydrogen) atoms. The van der Waals surface area contributed by atoms with Crippen LogP contribution in [0.2, 0.25) is 0 Å². The van der Waals surface area contributed by atoms with E-state index >= 15 is 0 Å². The lowest BCUT2D eigenvalue weighted by molar-refractivity contribution is 0.229. The minimum Gasteiger partial charge on any atom is -0.316 e. The Balaban J connectivity index is 0.000000671. The molecule has 1 aliphatic rings. The fourth-order valence-electron chi connectivity index (χ4n) is 1.89. The second-order valence-electron chi connectivity index (χ2n) is 4.17. The van der Waals surface area contributed by atoms with Gasteiger partial charge < -0.3 is 5.32 Å². The van der Waals surface area contributed by atoms with Gasteiger partial charge in [0, 0.05) is 0 Å². The minimum atomic E-state index is 0.858. The lowest BCUT2D eigenvalue weighted by Gasteiger charge is -2.31. The van der Waals surface area contributed by atoms with Crippen LogP contribution in [0.5, 0.6) is 0 Å². The molecule has 0 spiro atoms. The highest BCUT2D eigenvalue weighted by atomic mass is 14.9. The molecule has 1 fully saturated rings. The van der Waals surface area contributed by atoms with Crippen LogP contribution in [0.1, 0.15) is 47.5 Å². The molecular formula is C12H27N. The quantitative estimate of drug-likeness (QED) is 0.696. The van der Waals surface area contributed by atoms with E-state index in [1.807, 2.05) is 13.8 Å². The highest BCUT2D eigenvalue weighted by Gasteiger charge is 2.22. The van der Waals surface area contributed by atoms with Crippen molar-refractivity contribution in [3.05, 3.63) is 0 Å². The molecule has 0 aliphatic carbocycles. The van der Waals surface area contributed by atoms with Crippen molar-refractivity contribution < 1.29 is 0 Å². The highest BCUT2D eigenvalue weighted by Crippen LogP contribution is 2.24. The topological polar surface area (TPSA) is 12.0 Å². The molecule has 0 saturated carbocycles. The molecule has 1 rings (SSSR count). The van der Waals surface area contributed by atoms with Gasteiger partial charge in [-0.15, -0.1) is 0 Å². The van der Waals surface area contributed by atoms with Crippen molar-refractivity contribution in [3.8, 4) is 0 Å². The van der Waals surface area contributed by atoms with Crippen molar-refractivity contribution in [2.24, 2.45) is 17.8 Å². The van der Waals surface area contributed by atoms with Crippen LogP contribution in [0.3, 0.4) is 0 Å². The summed E-state index contributed by atoms with van der Waals surface area (Å²) in [6.45, 7) is 13.5. The molecule has 80 valence electrons. The van der Waals surface area contributed by atoms with Crippen molar-refractivity contribution >= 4 is 0 Å². The normalized spacial score (nSPS) is 28.2. The Kier molecular flexibility index (Phi) is 7.35. The van der Waals surface area contributed by atoms with E-state index in [1.165, 1.54) is 25.9 Å². The van der Waals surface area contributed by atoms with E-state index in [9.17, 15) is 0 Å². The number of rotatable bonds is 2. The second-order valence-corrected chi connectivity index (χ2v) is 4.17. The van der Waals surface area contributed by atoms with Gasteiger partial charge in [-0.3, -0.25) is 0 Å². The lowest BCUT2D eigenvalue weighted by Crippen LogP contribution is -2.38. The molecule has 0 radical (unpaired) electrons. The monoisotopic (exact) mass is 185 g/mol. The van der Waals surface area contributed by atoms with E-state index in [0.717, 1.165) is 17.8 Å². The van der Waals surface area contributed by atoms with Gasteiger partial charge in [0.1, 0.15) is 0 Å². The lowest BCUT2D eigenvalue weighted by atomic mass is 9.82. The Labute approximate surface area is 84.3 Å². The number of nitrogens with one attached hydrogen (secondary N) is 1. The van der Waals surface area contributed by atoms with E-state index in [0.29, 0.717) is 0 Å². The molecule has 0 amide bonds. The van der Waals surface area contributed by atoms with Gasteiger partial charge in [0.2, 0.25) is 0 Å². The minimum absolute atomic E-state index is 0.858. The molecule has 2 unspecified atom stereocenters. The zero-order valence-electron chi connectivity index (χ0n) is 10.1. The molecule has 1 heteroatoms. The summed E-state index contributed by atoms with van der Waals surface area (Å²) in [5.41, 5.74) is 0. The summed E-state index contributed by atoms with van der Waals surface area (Å²) in [6, 6.07) is 0. The molecule has 2 atom stereocenters. The van der Waals surface area contributed by atoms with Gasteiger partial charge in [-0.1, -0.05) is 41.0 Å². The van der Waals surface area contributed by atoms with Gasteiger partial charge in [-0.05, 0) is 37.3 Å². The Morgan fingerprint density at radius 1 is 1.23 bits per heavy atom. The average Bonchev–Trinajstić information content (AvgIpc) is 2.21. The van der Waals surface area contributed by atoms with Crippen LogP contribution in [0.15, 0.2) is 0 Å². The molecule has 1 heterocycles. The molecule has 0 aromatic rings. The summed E-state index contributed by atoms with van der Waals surface area (Å²) in [5, 5.41) is 3.52. The van der Waals surface area contributed by atoms with Crippen molar-refractivity contribution in [2.45, 2.75) is 47.5 Å². The van der Waals surface area contributed by atoms with Crippen molar-refractivity contribution in [2.75, 3.05) is 13.1 Å². The first-order chi connectivity index (χ1) is 6.24. The van der Waals surface area contributed by atoms with E-state index in [4.69, 9.17) is 0 Å². The van der Waals surface area contributed by atoms with Crippen molar-refractivity contribution in [1.82, 2.24) is 5.32 Å². The predicted octanol–water partition coefficient (Wildman–Crippen LogP) is 3.30. The van der Waals surface area contributed by atoms with Crippen molar-refractivity contribution in [1.29, 1.82) is 0 Å². The van der Waals surface area contributed by atoms with Gasteiger partial charge in [0.15, 0.2) is 0 Å². The molecule has 1 saturated heterocycles. The maximum absolute atomic E-state index is 3.52. The first kappa shape index (κ1) is 13.0. The summed E-state index contributed by atoms with van der Waals surface area (Å²) in [6.07, 6.45) is 2.79. The first-order valence-corrected chi connectivity index (χ1v) is 5.94. The number of hydrogen-bond acceptors (Lipinski definition) is 1. The second kappa shape index (κ2) is 7.37. The largest absolute Gasteiger partial charge is 0.316 e. The molecule has 0 aromatic carbocycles. The highest BCUT2D eigenvalue weighted by molar-refractivity contribution is 4.76. The Bertz CT molecular complexity index is 110. The molecule has 0 bridgehead atoms. The fraction of sp³-hybridized carbons (Fsp3) is 1.00. The standard InChI is InChI=1S/C10H21N.C2H6/c1-4-9-5-10(8(2)3)7-11-6-9;1-2/h8-11H,4-7H2,1-3H3;1-2H3. The van der Waals surface area contributed by atoms with E-state index in [1.54, 1.807) is 0 Å². The molecule has 1 aliphatic heterocycles. The molecular weight excluding hydrogens is 158 g/mol. The van der Waals surface area contributed by atoms with Crippen LogP contribution in [0.25, 0.3) is 0 Å². The third-order valence-electron chi connectivity index (χ3n) is 3.00. The van der Waals surface area contributed by atoms with Gasteiger partial charge >= 0.3 is 0 Å². The van der Waals surface area contributed by atoms with Crippen LogP contribution >= 0.6 is 0 Å². The van der Waals surface area contributed by atoms with Crippen LogP contribution in [0, 0.1) is 17.8 Å². The number of piperidine rings is 1. The van der Waals surface area contributed by atoms with Crippen LogP contribution in [-0.4, -0.2) is 13.1 Å². The van der Waals surface area contributed by atoms with Crippen LogP contribution < -0.4 is 5.32 Å². The van der Waals surface area contributed by atoms with Gasteiger partial charge in [-0.25, -0.2) is 0 Å². The Hall–Kier alpha value is -0.0400. The summed E-state index contributed by atoms with van der Waals surface area (Å²) in [5.74, 6) is 2.72. The predicted molar refractivity (Wildman–Crippen MR) is 60.9 cm³/mol. The van der Waals surface area contributed by atoms with Crippen LogP contribution in [-0.2, 0) is 0 Å². The van der Waals surface area contributed by atoms with Crippen LogP contribution in [0.4, 0.5) is 0 Å². The molecule has 1 nitrogen and oxygen atoms in total. The third kappa shape index (κ3) is 4.66. The summed E-state index contributed by atoms with van der Waals surface area (Å²) in [4.78, 5) is 0. The summed E-state index contributed by atoms with van der Waals surface area (Å²) in [7, 11) is 0. The fourth-order valence-corrected chi connectivity index (χ4v) is 1.89. The number of hydrogen-bond donors (Lipinski definition) is 1. The first-order valence-electron chi connectivity index (χ1n) is 5.94. The van der Waals surface area contributed by atoms with E-state index < -0.39 is 0 Å². The maximum Gasteiger partial charge on any atom is -0.00178 e. The van der Waals surface area contributed by atoms with E-state index in [-0.39, 0.29) is 0 Å². The van der Waals surface area contributed by atoms with Gasteiger partial charge in [0.25, 0.3) is 0 Å². The average molecular weight is 185 g/mol. The van der Waals surface area contributed by atoms with Gasteiger partial charge in [-0.2, -0.15) is 0 Å². The van der Waals surface area contributed by atoms with E-state index in [2.05, 4.69) is 26.1 Å². The molecule has 0 aromatic heterocycles. The third-order valence-corrected chi connectivity index (χ3v) is 3.00. The van der Waals surface area contributed by atoms with Gasteiger partial charge in [0.05, 0.1) is 0 Å². The smallest absolute Gasteiger partial charge is 0.00178 e. The zero-order valence-corrected chi connectivity index (χ0v) is 10.1. The Morgan fingerprint density at radius 2 is 1.85 bits per heavy atom. The summed E-state index contributed by atoms with van der Waals surface area (Å²) < 4.78 is 0. The molecule has 1 N–H and O–H groups in total. The van der Waals surface area contributed by atoms with Crippen molar-refractivity contribution in [3.63, 3.8) is 0 Å². The Morgan fingerprint density at radius 3 is 2.31 bits per heavy atom. The zero-order chi connectivity index (χ0) is 10.3.